The third kappa shape index (κ3) is 6.03. The number of carbonyl (C=O) groups excluding carboxylic acids is 1. The Kier molecular flexibility index (Phi) is 6.96. The van der Waals surface area contributed by atoms with E-state index in [0.717, 1.165) is 12.0 Å². The summed E-state index contributed by atoms with van der Waals surface area (Å²) in [6.45, 7) is 7.70. The van der Waals surface area contributed by atoms with Crippen molar-refractivity contribution in [1.82, 2.24) is 5.32 Å². The van der Waals surface area contributed by atoms with Gasteiger partial charge in [0.2, 0.25) is 0 Å². The average molecular weight is 271 g/mol. The van der Waals surface area contributed by atoms with Crippen molar-refractivity contribution in [3.05, 3.63) is 35.4 Å². The molecule has 0 aliphatic rings. The molecule has 0 aromatic heterocycles. The highest BCUT2D eigenvalue weighted by Crippen LogP contribution is 2.17. The molecule has 0 saturated carbocycles. The molecule has 0 atom stereocenters. The first-order valence-electron chi connectivity index (χ1n) is 5.99. The van der Waals surface area contributed by atoms with Gasteiger partial charge in [0.1, 0.15) is 0 Å². The number of hydrogen-bond acceptors (Lipinski definition) is 2. The van der Waals surface area contributed by atoms with Gasteiger partial charge in [-0.05, 0) is 29.5 Å². The zero-order valence-corrected chi connectivity index (χ0v) is 12.1. The van der Waals surface area contributed by atoms with Crippen molar-refractivity contribution in [2.75, 3.05) is 6.54 Å². The van der Waals surface area contributed by atoms with E-state index in [1.165, 1.54) is 0 Å². The molecule has 0 spiro atoms. The Morgan fingerprint density at radius 1 is 1.22 bits per heavy atom. The first kappa shape index (κ1) is 16.9. The van der Waals surface area contributed by atoms with Gasteiger partial charge in [0.25, 0.3) is 5.91 Å². The summed E-state index contributed by atoms with van der Waals surface area (Å²) in [5.74, 6) is -0.0159. The van der Waals surface area contributed by atoms with E-state index in [9.17, 15) is 4.79 Å². The van der Waals surface area contributed by atoms with Gasteiger partial charge in [0.15, 0.2) is 0 Å². The molecule has 0 fully saturated rings. The maximum Gasteiger partial charge on any atom is 0.251 e. The Hall–Kier alpha value is -1.06. The molecule has 0 saturated heterocycles. The van der Waals surface area contributed by atoms with E-state index in [2.05, 4.69) is 26.1 Å². The minimum absolute atomic E-state index is 0. The van der Waals surface area contributed by atoms with Crippen LogP contribution in [0.5, 0.6) is 0 Å². The number of nitrogens with two attached hydrogens (primary N) is 1. The van der Waals surface area contributed by atoms with Crippen LogP contribution in [0.3, 0.4) is 0 Å². The number of amides is 1. The van der Waals surface area contributed by atoms with Crippen LogP contribution in [-0.4, -0.2) is 12.5 Å². The first-order valence-corrected chi connectivity index (χ1v) is 5.99. The topological polar surface area (TPSA) is 55.1 Å². The van der Waals surface area contributed by atoms with Crippen LogP contribution in [-0.2, 0) is 6.54 Å². The monoisotopic (exact) mass is 270 g/mol. The number of halogens is 1. The molecule has 0 aliphatic carbocycles. The molecule has 0 radical (unpaired) electrons. The summed E-state index contributed by atoms with van der Waals surface area (Å²) in [4.78, 5) is 11.8. The van der Waals surface area contributed by atoms with Crippen molar-refractivity contribution in [1.29, 1.82) is 0 Å². The van der Waals surface area contributed by atoms with E-state index in [1.807, 2.05) is 24.3 Å². The van der Waals surface area contributed by atoms with E-state index in [4.69, 9.17) is 5.73 Å². The predicted molar refractivity (Wildman–Crippen MR) is 78.0 cm³/mol. The van der Waals surface area contributed by atoms with Gasteiger partial charge < -0.3 is 11.1 Å². The summed E-state index contributed by atoms with van der Waals surface area (Å²) < 4.78 is 0. The second-order valence-electron chi connectivity index (χ2n) is 5.47. The minimum atomic E-state index is -0.0159. The molecular formula is C14H23ClN2O. The van der Waals surface area contributed by atoms with Crippen molar-refractivity contribution >= 4 is 18.3 Å². The Bertz CT molecular complexity index is 368. The second-order valence-corrected chi connectivity index (χ2v) is 5.47. The normalized spacial score (nSPS) is 10.7. The predicted octanol–water partition coefficient (Wildman–Crippen LogP) is 2.73. The van der Waals surface area contributed by atoms with E-state index in [0.29, 0.717) is 18.7 Å². The Morgan fingerprint density at radius 2 is 1.78 bits per heavy atom. The van der Waals surface area contributed by atoms with Gasteiger partial charge in [0, 0.05) is 18.7 Å². The lowest BCUT2D eigenvalue weighted by Crippen LogP contribution is -2.27. The maximum atomic E-state index is 11.8. The standard InChI is InChI=1S/C14H22N2O.ClH/c1-14(2,3)8-9-16-13(17)12-6-4-11(10-15)5-7-12;/h4-7H,8-10,15H2,1-3H3,(H,16,17);1H. The molecule has 18 heavy (non-hydrogen) atoms. The van der Waals surface area contributed by atoms with Crippen LogP contribution in [0, 0.1) is 5.41 Å². The average Bonchev–Trinajstić information content (AvgIpc) is 2.27. The van der Waals surface area contributed by atoms with Gasteiger partial charge >= 0.3 is 0 Å². The molecule has 0 aliphatic heterocycles. The summed E-state index contributed by atoms with van der Waals surface area (Å²) in [6.07, 6.45) is 0.972. The summed E-state index contributed by atoms with van der Waals surface area (Å²) in [5.41, 5.74) is 7.48. The summed E-state index contributed by atoms with van der Waals surface area (Å²) in [6, 6.07) is 7.40. The summed E-state index contributed by atoms with van der Waals surface area (Å²) in [7, 11) is 0. The molecule has 3 N–H and O–H groups in total. The third-order valence-electron chi connectivity index (χ3n) is 2.61. The van der Waals surface area contributed by atoms with E-state index in [1.54, 1.807) is 0 Å². The number of benzene rings is 1. The maximum absolute atomic E-state index is 11.8. The molecule has 1 amide bonds. The molecule has 102 valence electrons. The van der Waals surface area contributed by atoms with Crippen LogP contribution in [0.4, 0.5) is 0 Å². The Labute approximate surface area is 116 Å². The molecule has 0 bridgehead atoms. The lowest BCUT2D eigenvalue weighted by atomic mass is 9.92. The van der Waals surface area contributed by atoms with E-state index in [-0.39, 0.29) is 23.7 Å². The lowest BCUT2D eigenvalue weighted by molar-refractivity contribution is 0.0949. The smallest absolute Gasteiger partial charge is 0.251 e. The molecular weight excluding hydrogens is 248 g/mol. The van der Waals surface area contributed by atoms with Gasteiger partial charge in [-0.2, -0.15) is 0 Å². The quantitative estimate of drug-likeness (QED) is 0.884. The summed E-state index contributed by atoms with van der Waals surface area (Å²) >= 11 is 0. The van der Waals surface area contributed by atoms with Crippen LogP contribution in [0.1, 0.15) is 43.1 Å². The van der Waals surface area contributed by atoms with E-state index < -0.39 is 0 Å². The molecule has 0 heterocycles. The largest absolute Gasteiger partial charge is 0.352 e. The number of rotatable bonds is 4. The van der Waals surface area contributed by atoms with Crippen LogP contribution >= 0.6 is 12.4 Å². The molecule has 1 aromatic carbocycles. The fraction of sp³-hybridized carbons (Fsp3) is 0.500. The SMILES string of the molecule is CC(C)(C)CCNC(=O)c1ccc(CN)cc1.Cl. The lowest BCUT2D eigenvalue weighted by Gasteiger charge is -2.18. The molecule has 1 aromatic rings. The molecule has 4 heteroatoms. The van der Waals surface area contributed by atoms with Crippen LogP contribution in [0.2, 0.25) is 0 Å². The highest BCUT2D eigenvalue weighted by molar-refractivity contribution is 5.94. The number of hydrogen-bond donors (Lipinski definition) is 2. The van der Waals surface area contributed by atoms with Crippen LogP contribution in [0.25, 0.3) is 0 Å². The third-order valence-corrected chi connectivity index (χ3v) is 2.61. The molecule has 1 rings (SSSR count). The van der Waals surface area contributed by atoms with Gasteiger partial charge in [-0.1, -0.05) is 32.9 Å². The fourth-order valence-corrected chi connectivity index (χ4v) is 1.45. The van der Waals surface area contributed by atoms with Crippen molar-refractivity contribution in [3.8, 4) is 0 Å². The highest BCUT2D eigenvalue weighted by atomic mass is 35.5. The minimum Gasteiger partial charge on any atom is -0.352 e. The van der Waals surface area contributed by atoms with Gasteiger partial charge in [0.05, 0.1) is 0 Å². The Morgan fingerprint density at radius 3 is 2.22 bits per heavy atom. The fourth-order valence-electron chi connectivity index (χ4n) is 1.45. The van der Waals surface area contributed by atoms with E-state index >= 15 is 0 Å². The van der Waals surface area contributed by atoms with Crippen molar-refractivity contribution in [2.45, 2.75) is 33.7 Å². The Balaban J connectivity index is 0.00000289. The number of carbonyl (C=O) groups is 1. The van der Waals surface area contributed by atoms with Crippen molar-refractivity contribution in [2.24, 2.45) is 11.1 Å². The second kappa shape index (κ2) is 7.39. The zero-order valence-electron chi connectivity index (χ0n) is 11.3. The van der Waals surface area contributed by atoms with Gasteiger partial charge in [-0.15, -0.1) is 12.4 Å². The van der Waals surface area contributed by atoms with Crippen molar-refractivity contribution < 1.29 is 4.79 Å². The van der Waals surface area contributed by atoms with Crippen LogP contribution in [0.15, 0.2) is 24.3 Å². The highest BCUT2D eigenvalue weighted by Gasteiger charge is 2.11. The van der Waals surface area contributed by atoms with Crippen molar-refractivity contribution in [3.63, 3.8) is 0 Å². The zero-order chi connectivity index (χ0) is 12.9. The first-order chi connectivity index (χ1) is 7.92. The molecule has 3 nitrogen and oxygen atoms in total. The molecule has 0 unspecified atom stereocenters. The number of nitrogens with one attached hydrogen (secondary N) is 1. The summed E-state index contributed by atoms with van der Waals surface area (Å²) in [5, 5.41) is 2.92. The van der Waals surface area contributed by atoms with Gasteiger partial charge in [-0.25, -0.2) is 0 Å². The van der Waals surface area contributed by atoms with Crippen LogP contribution < -0.4 is 11.1 Å². The van der Waals surface area contributed by atoms with Gasteiger partial charge in [-0.3, -0.25) is 4.79 Å².